The highest BCUT2D eigenvalue weighted by atomic mass is 15.2. The number of nitrogens with two attached hydrogens (primary N) is 1. The van der Waals surface area contributed by atoms with E-state index in [0.717, 1.165) is 23.9 Å². The van der Waals surface area contributed by atoms with Crippen molar-refractivity contribution < 1.29 is 0 Å². The van der Waals surface area contributed by atoms with Crippen LogP contribution in [-0.2, 0) is 0 Å². The molecule has 4 heteroatoms. The van der Waals surface area contributed by atoms with Crippen molar-refractivity contribution in [3.05, 3.63) is 24.3 Å². The molecule has 0 aliphatic rings. The molecule has 0 amide bonds. The summed E-state index contributed by atoms with van der Waals surface area (Å²) in [5.74, 6) is 1.24. The summed E-state index contributed by atoms with van der Waals surface area (Å²) in [6.45, 7) is 3.05. The molecule has 0 unspecified atom stereocenters. The fraction of sp³-hybridized carbons (Fsp3) is 0.333. The highest BCUT2D eigenvalue weighted by Gasteiger charge is 2.07. The minimum Gasteiger partial charge on any atom is -0.383 e. The summed E-state index contributed by atoms with van der Waals surface area (Å²) in [6.07, 6.45) is 1.06. The Hall–Kier alpha value is -1.84. The lowest BCUT2D eigenvalue weighted by atomic mass is 10.2. The van der Waals surface area contributed by atoms with Crippen molar-refractivity contribution >= 4 is 22.7 Å². The summed E-state index contributed by atoms with van der Waals surface area (Å²) < 4.78 is 0. The third-order valence-corrected chi connectivity index (χ3v) is 2.52. The lowest BCUT2D eigenvalue weighted by molar-refractivity contribution is 0.823. The molecule has 0 bridgehead atoms. The summed E-state index contributed by atoms with van der Waals surface area (Å²) in [6, 6.07) is 7.79. The molecule has 1 aromatic heterocycles. The van der Waals surface area contributed by atoms with Gasteiger partial charge in [-0.05, 0) is 18.6 Å². The molecule has 0 spiro atoms. The van der Waals surface area contributed by atoms with Crippen molar-refractivity contribution in [2.24, 2.45) is 0 Å². The molecule has 16 heavy (non-hydrogen) atoms. The SMILES string of the molecule is CCCN(C)c1nc(N)c2ccccc2n1. The maximum absolute atomic E-state index is 5.91. The van der Waals surface area contributed by atoms with Crippen LogP contribution < -0.4 is 10.6 Å². The van der Waals surface area contributed by atoms with E-state index in [1.165, 1.54) is 0 Å². The van der Waals surface area contributed by atoms with Crippen LogP contribution >= 0.6 is 0 Å². The third-order valence-electron chi connectivity index (χ3n) is 2.52. The Morgan fingerprint density at radius 2 is 2.00 bits per heavy atom. The summed E-state index contributed by atoms with van der Waals surface area (Å²) in [5, 5.41) is 0.913. The summed E-state index contributed by atoms with van der Waals surface area (Å²) in [7, 11) is 1.98. The zero-order valence-electron chi connectivity index (χ0n) is 9.64. The summed E-state index contributed by atoms with van der Waals surface area (Å²) >= 11 is 0. The van der Waals surface area contributed by atoms with Gasteiger partial charge in [0, 0.05) is 19.0 Å². The lowest BCUT2D eigenvalue weighted by Gasteiger charge is -2.16. The molecule has 84 valence electrons. The third kappa shape index (κ3) is 1.91. The van der Waals surface area contributed by atoms with Crippen LogP contribution in [0.3, 0.4) is 0 Å². The summed E-state index contributed by atoms with van der Waals surface area (Å²) in [5.41, 5.74) is 6.81. The van der Waals surface area contributed by atoms with E-state index in [2.05, 4.69) is 16.9 Å². The molecule has 2 aromatic rings. The van der Waals surface area contributed by atoms with E-state index in [1.807, 2.05) is 36.2 Å². The van der Waals surface area contributed by atoms with Gasteiger partial charge in [-0.1, -0.05) is 19.1 Å². The zero-order chi connectivity index (χ0) is 11.5. The number of para-hydroxylation sites is 1. The first-order chi connectivity index (χ1) is 7.72. The van der Waals surface area contributed by atoms with Crippen molar-refractivity contribution in [3.63, 3.8) is 0 Å². The maximum atomic E-state index is 5.91. The van der Waals surface area contributed by atoms with Crippen LogP contribution in [-0.4, -0.2) is 23.6 Å². The van der Waals surface area contributed by atoms with E-state index in [9.17, 15) is 0 Å². The van der Waals surface area contributed by atoms with Gasteiger partial charge in [0.2, 0.25) is 5.95 Å². The molecule has 2 rings (SSSR count). The van der Waals surface area contributed by atoms with Gasteiger partial charge in [0.15, 0.2) is 0 Å². The van der Waals surface area contributed by atoms with Gasteiger partial charge in [0.1, 0.15) is 5.82 Å². The topological polar surface area (TPSA) is 55.0 Å². The Morgan fingerprint density at radius 1 is 1.25 bits per heavy atom. The molecule has 0 saturated carbocycles. The smallest absolute Gasteiger partial charge is 0.227 e. The van der Waals surface area contributed by atoms with Crippen LogP contribution in [0.1, 0.15) is 13.3 Å². The Morgan fingerprint density at radius 3 is 2.75 bits per heavy atom. The zero-order valence-corrected chi connectivity index (χ0v) is 9.64. The summed E-state index contributed by atoms with van der Waals surface area (Å²) in [4.78, 5) is 10.8. The number of benzene rings is 1. The molecule has 1 aromatic carbocycles. The fourth-order valence-corrected chi connectivity index (χ4v) is 1.69. The molecule has 1 heterocycles. The fourth-order valence-electron chi connectivity index (χ4n) is 1.69. The predicted octanol–water partition coefficient (Wildman–Crippen LogP) is 2.06. The molecule has 0 saturated heterocycles. The predicted molar refractivity (Wildman–Crippen MR) is 67.5 cm³/mol. The Labute approximate surface area is 95.1 Å². The van der Waals surface area contributed by atoms with Crippen molar-refractivity contribution in [2.45, 2.75) is 13.3 Å². The highest BCUT2D eigenvalue weighted by Crippen LogP contribution is 2.20. The van der Waals surface area contributed by atoms with E-state index in [0.29, 0.717) is 11.8 Å². The monoisotopic (exact) mass is 216 g/mol. The van der Waals surface area contributed by atoms with E-state index in [1.54, 1.807) is 0 Å². The molecule has 2 N–H and O–H groups in total. The van der Waals surface area contributed by atoms with Crippen molar-refractivity contribution in [2.75, 3.05) is 24.2 Å². The quantitative estimate of drug-likeness (QED) is 0.853. The van der Waals surface area contributed by atoms with Gasteiger partial charge in [0.25, 0.3) is 0 Å². The molecular formula is C12H16N4. The molecule has 0 radical (unpaired) electrons. The number of hydrogen-bond donors (Lipinski definition) is 1. The molecular weight excluding hydrogens is 200 g/mol. The van der Waals surface area contributed by atoms with Gasteiger partial charge in [-0.15, -0.1) is 0 Å². The Balaban J connectivity index is 2.49. The van der Waals surface area contributed by atoms with Gasteiger partial charge in [0.05, 0.1) is 5.52 Å². The highest BCUT2D eigenvalue weighted by molar-refractivity contribution is 5.88. The molecule has 0 aliphatic heterocycles. The van der Waals surface area contributed by atoms with Gasteiger partial charge in [-0.25, -0.2) is 4.98 Å². The first-order valence-corrected chi connectivity index (χ1v) is 5.45. The maximum Gasteiger partial charge on any atom is 0.227 e. The van der Waals surface area contributed by atoms with E-state index >= 15 is 0 Å². The van der Waals surface area contributed by atoms with Crippen LogP contribution in [0.2, 0.25) is 0 Å². The van der Waals surface area contributed by atoms with Gasteiger partial charge < -0.3 is 10.6 Å². The minimum absolute atomic E-state index is 0.545. The van der Waals surface area contributed by atoms with Gasteiger partial charge in [-0.2, -0.15) is 4.98 Å². The number of nitrogens with zero attached hydrogens (tertiary/aromatic N) is 3. The Kier molecular flexibility index (Phi) is 2.90. The second kappa shape index (κ2) is 4.35. The van der Waals surface area contributed by atoms with Gasteiger partial charge >= 0.3 is 0 Å². The molecule has 0 fully saturated rings. The van der Waals surface area contributed by atoms with E-state index in [4.69, 9.17) is 5.73 Å². The average molecular weight is 216 g/mol. The normalized spacial score (nSPS) is 10.6. The van der Waals surface area contributed by atoms with Crippen LogP contribution in [0.15, 0.2) is 24.3 Å². The van der Waals surface area contributed by atoms with Crippen LogP contribution in [0, 0.1) is 0 Å². The molecule has 4 nitrogen and oxygen atoms in total. The molecule has 0 atom stereocenters. The first-order valence-electron chi connectivity index (χ1n) is 5.45. The first kappa shape index (κ1) is 10.7. The number of anilines is 2. The number of fused-ring (bicyclic) bond motifs is 1. The number of hydrogen-bond acceptors (Lipinski definition) is 4. The standard InChI is InChI=1S/C12H16N4/c1-3-8-16(2)12-14-10-7-5-4-6-9(10)11(13)15-12/h4-7H,3,8H2,1-2H3,(H2,13,14,15). The van der Waals surface area contributed by atoms with Crippen LogP contribution in [0.5, 0.6) is 0 Å². The largest absolute Gasteiger partial charge is 0.383 e. The van der Waals surface area contributed by atoms with E-state index in [-0.39, 0.29) is 0 Å². The molecule has 0 aliphatic carbocycles. The second-order valence-corrected chi connectivity index (χ2v) is 3.85. The lowest BCUT2D eigenvalue weighted by Crippen LogP contribution is -2.20. The van der Waals surface area contributed by atoms with Crippen molar-refractivity contribution in [1.82, 2.24) is 9.97 Å². The number of aromatic nitrogens is 2. The minimum atomic E-state index is 0.545. The van der Waals surface area contributed by atoms with Crippen molar-refractivity contribution in [1.29, 1.82) is 0 Å². The van der Waals surface area contributed by atoms with Gasteiger partial charge in [-0.3, -0.25) is 0 Å². The average Bonchev–Trinajstić information content (AvgIpc) is 2.29. The van der Waals surface area contributed by atoms with E-state index < -0.39 is 0 Å². The number of nitrogen functional groups attached to an aromatic ring is 1. The Bertz CT molecular complexity index is 495. The van der Waals surface area contributed by atoms with Crippen molar-refractivity contribution in [3.8, 4) is 0 Å². The second-order valence-electron chi connectivity index (χ2n) is 3.85. The number of rotatable bonds is 3. The van der Waals surface area contributed by atoms with Crippen LogP contribution in [0.4, 0.5) is 11.8 Å². The van der Waals surface area contributed by atoms with Crippen LogP contribution in [0.25, 0.3) is 10.9 Å².